The monoisotopic (exact) mass is 373 g/mol. The standard InChI is InChI=1S/C23H20FN3O/c24-22-4-2-1-3-21(22)16-28-26-23(15-27-14-13-25-17-27)20-11-9-19(10-12-20)8-7-18-5-6-18/h1-4,9-14,17-18H,5-6,15-16H2. The predicted molar refractivity (Wildman–Crippen MR) is 106 cm³/mol. The van der Waals surface area contributed by atoms with Gasteiger partial charge in [-0.1, -0.05) is 47.3 Å². The molecule has 28 heavy (non-hydrogen) atoms. The number of rotatable bonds is 6. The molecule has 0 N–H and O–H groups in total. The van der Waals surface area contributed by atoms with Crippen LogP contribution in [-0.4, -0.2) is 15.3 Å². The Morgan fingerprint density at radius 2 is 2.00 bits per heavy atom. The lowest BCUT2D eigenvalue weighted by atomic mass is 10.1. The van der Waals surface area contributed by atoms with Gasteiger partial charge in [-0.15, -0.1) is 0 Å². The number of halogens is 1. The van der Waals surface area contributed by atoms with Crippen molar-refractivity contribution < 1.29 is 9.23 Å². The van der Waals surface area contributed by atoms with Crippen LogP contribution in [0, 0.1) is 23.6 Å². The van der Waals surface area contributed by atoms with Gasteiger partial charge in [0.05, 0.1) is 12.9 Å². The third-order valence-corrected chi connectivity index (χ3v) is 4.46. The fraction of sp³-hybridized carbons (Fsp3) is 0.217. The lowest BCUT2D eigenvalue weighted by Crippen LogP contribution is -2.11. The fourth-order valence-corrected chi connectivity index (χ4v) is 2.68. The first-order chi connectivity index (χ1) is 13.8. The van der Waals surface area contributed by atoms with Crippen LogP contribution in [0.2, 0.25) is 0 Å². The van der Waals surface area contributed by atoms with Gasteiger partial charge in [-0.05, 0) is 31.0 Å². The van der Waals surface area contributed by atoms with Crippen molar-refractivity contribution in [3.8, 4) is 11.8 Å². The second-order valence-electron chi connectivity index (χ2n) is 6.76. The van der Waals surface area contributed by atoms with Gasteiger partial charge in [-0.2, -0.15) is 0 Å². The summed E-state index contributed by atoms with van der Waals surface area (Å²) >= 11 is 0. The van der Waals surface area contributed by atoms with Gasteiger partial charge in [-0.25, -0.2) is 9.37 Å². The van der Waals surface area contributed by atoms with Crippen molar-refractivity contribution in [2.75, 3.05) is 0 Å². The molecule has 1 aliphatic carbocycles. The van der Waals surface area contributed by atoms with Gasteiger partial charge in [0.25, 0.3) is 0 Å². The number of hydrogen-bond acceptors (Lipinski definition) is 3. The van der Waals surface area contributed by atoms with Crippen LogP contribution in [0.3, 0.4) is 0 Å². The molecule has 5 heteroatoms. The summed E-state index contributed by atoms with van der Waals surface area (Å²) in [4.78, 5) is 9.54. The molecule has 1 aromatic heterocycles. The lowest BCUT2D eigenvalue weighted by Gasteiger charge is -2.09. The van der Waals surface area contributed by atoms with Gasteiger partial charge < -0.3 is 9.40 Å². The van der Waals surface area contributed by atoms with Crippen molar-refractivity contribution in [1.29, 1.82) is 0 Å². The summed E-state index contributed by atoms with van der Waals surface area (Å²) in [5.74, 6) is 6.75. The van der Waals surface area contributed by atoms with E-state index >= 15 is 0 Å². The quantitative estimate of drug-likeness (QED) is 0.365. The molecule has 1 aliphatic rings. The summed E-state index contributed by atoms with van der Waals surface area (Å²) in [6.45, 7) is 0.579. The van der Waals surface area contributed by atoms with Crippen LogP contribution in [0.15, 0.2) is 72.4 Å². The molecular weight excluding hydrogens is 353 g/mol. The highest BCUT2D eigenvalue weighted by molar-refractivity contribution is 6.00. The van der Waals surface area contributed by atoms with Crippen molar-refractivity contribution in [2.45, 2.75) is 26.0 Å². The van der Waals surface area contributed by atoms with Crippen LogP contribution in [0.25, 0.3) is 0 Å². The molecule has 0 atom stereocenters. The molecule has 0 saturated heterocycles. The second kappa shape index (κ2) is 8.53. The number of imidazole rings is 1. The molecule has 0 spiro atoms. The fourth-order valence-electron chi connectivity index (χ4n) is 2.68. The first-order valence-electron chi connectivity index (χ1n) is 9.28. The molecule has 0 amide bonds. The van der Waals surface area contributed by atoms with Gasteiger partial charge in [-0.3, -0.25) is 0 Å². The largest absolute Gasteiger partial charge is 0.391 e. The van der Waals surface area contributed by atoms with E-state index in [0.717, 1.165) is 16.8 Å². The van der Waals surface area contributed by atoms with E-state index in [9.17, 15) is 4.39 Å². The van der Waals surface area contributed by atoms with Crippen molar-refractivity contribution >= 4 is 5.71 Å². The Kier molecular flexibility index (Phi) is 5.48. The Bertz CT molecular complexity index is 1010. The smallest absolute Gasteiger partial charge is 0.145 e. The number of hydrogen-bond donors (Lipinski definition) is 0. The summed E-state index contributed by atoms with van der Waals surface area (Å²) < 4.78 is 15.7. The van der Waals surface area contributed by atoms with Crippen molar-refractivity contribution in [2.24, 2.45) is 11.1 Å². The SMILES string of the molecule is Fc1ccccc1CON=C(Cn1ccnc1)c1ccc(C#CC2CC2)cc1. The Morgan fingerprint density at radius 3 is 2.71 bits per heavy atom. The molecule has 140 valence electrons. The number of nitrogens with zero attached hydrogens (tertiary/aromatic N) is 3. The zero-order chi connectivity index (χ0) is 19.2. The van der Waals surface area contributed by atoms with E-state index < -0.39 is 0 Å². The van der Waals surface area contributed by atoms with E-state index in [1.807, 2.05) is 35.0 Å². The normalized spacial score (nSPS) is 13.7. The minimum atomic E-state index is -0.299. The molecule has 1 fully saturated rings. The second-order valence-corrected chi connectivity index (χ2v) is 6.76. The maximum atomic E-state index is 13.8. The molecule has 1 heterocycles. The third-order valence-electron chi connectivity index (χ3n) is 4.46. The van der Waals surface area contributed by atoms with Crippen molar-refractivity contribution in [3.05, 3.63) is 89.8 Å². The molecular formula is C23H20FN3O. The first-order valence-corrected chi connectivity index (χ1v) is 9.28. The third kappa shape index (κ3) is 4.86. The average molecular weight is 373 g/mol. The van der Waals surface area contributed by atoms with Gasteiger partial charge in [0.1, 0.15) is 18.1 Å². The van der Waals surface area contributed by atoms with E-state index in [4.69, 9.17) is 4.84 Å². The Labute approximate surface area is 163 Å². The molecule has 4 nitrogen and oxygen atoms in total. The summed E-state index contributed by atoms with van der Waals surface area (Å²) in [6.07, 6.45) is 7.73. The van der Waals surface area contributed by atoms with Crippen LogP contribution in [0.5, 0.6) is 0 Å². The molecule has 2 aromatic carbocycles. The van der Waals surface area contributed by atoms with Crippen LogP contribution in [0.1, 0.15) is 29.5 Å². The summed E-state index contributed by atoms with van der Waals surface area (Å²) in [7, 11) is 0. The van der Waals surface area contributed by atoms with E-state index in [-0.39, 0.29) is 12.4 Å². The van der Waals surface area contributed by atoms with Gasteiger partial charge >= 0.3 is 0 Å². The van der Waals surface area contributed by atoms with Gasteiger partial charge in [0.2, 0.25) is 0 Å². The van der Waals surface area contributed by atoms with Crippen LogP contribution < -0.4 is 0 Å². The molecule has 0 bridgehead atoms. The zero-order valence-corrected chi connectivity index (χ0v) is 15.4. The van der Waals surface area contributed by atoms with Gasteiger partial charge in [0, 0.05) is 35.0 Å². The Morgan fingerprint density at radius 1 is 1.18 bits per heavy atom. The highest BCUT2D eigenvalue weighted by atomic mass is 19.1. The summed E-state index contributed by atoms with van der Waals surface area (Å²) in [5.41, 5.74) is 3.12. The van der Waals surface area contributed by atoms with Crippen LogP contribution >= 0.6 is 0 Å². The van der Waals surface area contributed by atoms with Crippen LogP contribution in [0.4, 0.5) is 4.39 Å². The van der Waals surface area contributed by atoms with Crippen LogP contribution in [-0.2, 0) is 18.0 Å². The molecule has 0 radical (unpaired) electrons. The first kappa shape index (κ1) is 18.0. The average Bonchev–Trinajstić information content (AvgIpc) is 3.41. The number of oxime groups is 1. The summed E-state index contributed by atoms with van der Waals surface area (Å²) in [6, 6.07) is 14.5. The lowest BCUT2D eigenvalue weighted by molar-refractivity contribution is 0.127. The van der Waals surface area contributed by atoms with E-state index in [1.165, 1.54) is 18.9 Å². The van der Waals surface area contributed by atoms with Crippen molar-refractivity contribution in [3.63, 3.8) is 0 Å². The highest BCUT2D eigenvalue weighted by Crippen LogP contribution is 2.27. The Balaban J connectivity index is 1.51. The predicted octanol–water partition coefficient (Wildman–Crippen LogP) is 4.40. The topological polar surface area (TPSA) is 39.4 Å². The zero-order valence-electron chi connectivity index (χ0n) is 15.4. The minimum absolute atomic E-state index is 0.0745. The number of aromatic nitrogens is 2. The maximum Gasteiger partial charge on any atom is 0.145 e. The summed E-state index contributed by atoms with van der Waals surface area (Å²) in [5, 5.41) is 4.28. The van der Waals surface area contributed by atoms with E-state index in [1.54, 1.807) is 30.7 Å². The van der Waals surface area contributed by atoms with Gasteiger partial charge in [0.15, 0.2) is 0 Å². The van der Waals surface area contributed by atoms with Crippen molar-refractivity contribution in [1.82, 2.24) is 9.55 Å². The molecule has 3 aromatic rings. The Hall–Kier alpha value is -3.39. The van der Waals surface area contributed by atoms with E-state index in [2.05, 4.69) is 22.0 Å². The van der Waals surface area contributed by atoms with E-state index in [0.29, 0.717) is 18.0 Å². The molecule has 0 aliphatic heterocycles. The number of benzene rings is 2. The highest BCUT2D eigenvalue weighted by Gasteiger charge is 2.17. The molecule has 4 rings (SSSR count). The maximum absolute atomic E-state index is 13.8. The molecule has 0 unspecified atom stereocenters. The molecule has 1 saturated carbocycles. The minimum Gasteiger partial charge on any atom is -0.391 e.